The second-order valence-corrected chi connectivity index (χ2v) is 25.6. The Hall–Kier alpha value is -2.26. The minimum atomic E-state index is -0.836. The fourth-order valence-electron chi connectivity index (χ4n) is 8.51. The van der Waals surface area contributed by atoms with Gasteiger partial charge in [-0.3, -0.25) is 24.1 Å². The van der Waals surface area contributed by atoms with Crippen molar-refractivity contribution in [3.05, 3.63) is 0 Å². The van der Waals surface area contributed by atoms with E-state index in [1.807, 2.05) is 4.90 Å². The summed E-state index contributed by atoms with van der Waals surface area (Å²) in [6.07, 6.45) is 20.7. The molecule has 0 unspecified atom stereocenters. The Morgan fingerprint density at radius 3 is 0.854 bits per heavy atom. The van der Waals surface area contributed by atoms with Crippen molar-refractivity contribution in [2.75, 3.05) is 125 Å². The standard InChI is InChI=1S/C62H116N2O14S4/c1-7-13-17-21-47-79-51-43-71-57(65)33-25-29-55(30-26-34-58(66)72-44-52-80-48-22-18-14-8-2)77-61(69)75-41-39-64(38-37-63(11-5)12-6)40-42-76-62(70)78-56(31-27-35-59(67)73-45-53-81-49-23-19-15-9-3)32-28-36-60(68)74-46-54-82-50-24-20-16-10-4/h55-56H,7-54H2,1-6H3. The van der Waals surface area contributed by atoms with Gasteiger partial charge in [0, 0.05) is 74.9 Å². The van der Waals surface area contributed by atoms with E-state index >= 15 is 0 Å². The minimum Gasteiger partial charge on any atom is -0.465 e. The van der Waals surface area contributed by atoms with E-state index < -0.39 is 24.5 Å². The van der Waals surface area contributed by atoms with Gasteiger partial charge < -0.3 is 42.8 Å². The van der Waals surface area contributed by atoms with Crippen molar-refractivity contribution in [3.8, 4) is 0 Å². The average molecular weight is 1240 g/mol. The zero-order valence-corrected chi connectivity index (χ0v) is 55.6. The molecule has 0 saturated heterocycles. The predicted octanol–water partition coefficient (Wildman–Crippen LogP) is 14.8. The molecule has 20 heteroatoms. The van der Waals surface area contributed by atoms with Crippen LogP contribution in [0.2, 0.25) is 0 Å². The van der Waals surface area contributed by atoms with Gasteiger partial charge in [0.25, 0.3) is 0 Å². The second kappa shape index (κ2) is 61.8. The van der Waals surface area contributed by atoms with Crippen LogP contribution in [0.1, 0.15) is 221 Å². The number of esters is 4. The largest absolute Gasteiger partial charge is 0.508 e. The number of carbonyl (C=O) groups excluding carboxylic acids is 6. The zero-order valence-electron chi connectivity index (χ0n) is 52.3. The van der Waals surface area contributed by atoms with Crippen LogP contribution in [0, 0.1) is 0 Å². The van der Waals surface area contributed by atoms with Crippen LogP contribution in [0.4, 0.5) is 9.59 Å². The van der Waals surface area contributed by atoms with E-state index in [2.05, 4.69) is 46.4 Å². The third-order valence-electron chi connectivity index (χ3n) is 13.6. The second-order valence-electron chi connectivity index (χ2n) is 20.7. The number of rotatable bonds is 61. The first-order valence-corrected chi connectivity index (χ1v) is 36.7. The van der Waals surface area contributed by atoms with E-state index in [9.17, 15) is 28.8 Å². The normalized spacial score (nSPS) is 11.4. The van der Waals surface area contributed by atoms with E-state index in [0.29, 0.717) is 97.4 Å². The molecule has 16 nitrogen and oxygen atoms in total. The first-order valence-electron chi connectivity index (χ1n) is 32.1. The van der Waals surface area contributed by atoms with Gasteiger partial charge in [0.1, 0.15) is 51.8 Å². The third kappa shape index (κ3) is 55.6. The molecule has 482 valence electrons. The molecule has 0 heterocycles. The summed E-state index contributed by atoms with van der Waals surface area (Å²) in [5.74, 6) is 6.14. The van der Waals surface area contributed by atoms with Crippen molar-refractivity contribution in [2.24, 2.45) is 0 Å². The predicted molar refractivity (Wildman–Crippen MR) is 342 cm³/mol. The summed E-state index contributed by atoms with van der Waals surface area (Å²) in [4.78, 5) is 81.1. The molecule has 0 N–H and O–H groups in total. The van der Waals surface area contributed by atoms with E-state index in [1.165, 1.54) is 103 Å². The maximum atomic E-state index is 13.2. The molecular formula is C62H116N2O14S4. The van der Waals surface area contributed by atoms with Gasteiger partial charge in [0.05, 0.1) is 0 Å². The lowest BCUT2D eigenvalue weighted by atomic mass is 10.1. The number of hydrogen-bond acceptors (Lipinski definition) is 20. The Kier molecular flexibility index (Phi) is 60.1. The van der Waals surface area contributed by atoms with Gasteiger partial charge >= 0.3 is 36.2 Å². The summed E-state index contributed by atoms with van der Waals surface area (Å²) >= 11 is 7.18. The number of thioether (sulfide) groups is 4. The lowest BCUT2D eigenvalue weighted by Crippen LogP contribution is -2.39. The third-order valence-corrected chi connectivity index (χ3v) is 17.7. The molecule has 0 rings (SSSR count). The van der Waals surface area contributed by atoms with Crippen LogP contribution < -0.4 is 0 Å². The average Bonchev–Trinajstić information content (AvgIpc) is 3.46. The van der Waals surface area contributed by atoms with Gasteiger partial charge in [-0.1, -0.05) is 119 Å². The molecule has 0 aliphatic carbocycles. The molecule has 0 aliphatic rings. The van der Waals surface area contributed by atoms with Crippen LogP contribution in [-0.4, -0.2) is 183 Å². The summed E-state index contributed by atoms with van der Waals surface area (Å²) in [7, 11) is 0. The highest BCUT2D eigenvalue weighted by atomic mass is 32.2. The topological polar surface area (TPSA) is 183 Å². The summed E-state index contributed by atoms with van der Waals surface area (Å²) in [5, 5.41) is 0. The Morgan fingerprint density at radius 2 is 0.585 bits per heavy atom. The highest BCUT2D eigenvalue weighted by molar-refractivity contribution is 7.99. The first kappa shape index (κ1) is 79.7. The highest BCUT2D eigenvalue weighted by Crippen LogP contribution is 2.18. The molecule has 0 aromatic carbocycles. The van der Waals surface area contributed by atoms with Gasteiger partial charge in [-0.05, 0) is 113 Å². The Labute approximate surface area is 515 Å². The van der Waals surface area contributed by atoms with E-state index in [1.54, 1.807) is 47.0 Å². The molecule has 0 aromatic rings. The molecule has 0 bridgehead atoms. The van der Waals surface area contributed by atoms with Gasteiger partial charge in [0.2, 0.25) is 0 Å². The smallest absolute Gasteiger partial charge is 0.465 e. The Balaban J connectivity index is 5.45. The molecule has 0 radical (unpaired) electrons. The SMILES string of the molecule is CCCCCCSCCOC(=O)CCCC(CCCC(=O)OCCSCCCCCC)OC(=O)OCCN(CCOC(=O)OC(CCCC(=O)OCCSCCCCCC)CCCC(=O)OCCSCCCCCC)CCN(CC)CC. The van der Waals surface area contributed by atoms with Crippen LogP contribution >= 0.6 is 47.0 Å². The monoisotopic (exact) mass is 1240 g/mol. The number of nitrogens with zero attached hydrogens (tertiary/aromatic N) is 2. The maximum Gasteiger partial charge on any atom is 0.508 e. The Morgan fingerprint density at radius 1 is 0.305 bits per heavy atom. The molecule has 0 atom stereocenters. The highest BCUT2D eigenvalue weighted by Gasteiger charge is 2.21. The molecule has 0 aromatic heterocycles. The molecule has 0 saturated carbocycles. The first-order chi connectivity index (χ1) is 40.0. The molecule has 82 heavy (non-hydrogen) atoms. The van der Waals surface area contributed by atoms with E-state index in [4.69, 9.17) is 37.9 Å². The molecule has 0 amide bonds. The Bertz CT molecular complexity index is 1340. The zero-order chi connectivity index (χ0) is 60.2. The lowest BCUT2D eigenvalue weighted by Gasteiger charge is -2.26. The van der Waals surface area contributed by atoms with Crippen molar-refractivity contribution in [3.63, 3.8) is 0 Å². The molecule has 0 aliphatic heterocycles. The van der Waals surface area contributed by atoms with Crippen molar-refractivity contribution in [1.29, 1.82) is 0 Å². The minimum absolute atomic E-state index is 0.0167. The molecule has 0 spiro atoms. The van der Waals surface area contributed by atoms with Gasteiger partial charge in [-0.25, -0.2) is 9.59 Å². The van der Waals surface area contributed by atoms with Gasteiger partial charge in [-0.15, -0.1) is 0 Å². The summed E-state index contributed by atoms with van der Waals surface area (Å²) in [5.41, 5.74) is 0. The summed E-state index contributed by atoms with van der Waals surface area (Å²) in [6, 6.07) is 0. The quantitative estimate of drug-likeness (QED) is 0.0318. The number of likely N-dealkylation sites (N-methyl/N-ethyl adjacent to an activating group) is 1. The van der Waals surface area contributed by atoms with Crippen molar-refractivity contribution >= 4 is 83.2 Å². The maximum absolute atomic E-state index is 13.2. The summed E-state index contributed by atoms with van der Waals surface area (Å²) < 4.78 is 44.7. The fraction of sp³-hybridized carbons (Fsp3) is 0.903. The van der Waals surface area contributed by atoms with Crippen LogP contribution in [0.3, 0.4) is 0 Å². The van der Waals surface area contributed by atoms with Gasteiger partial charge in [-0.2, -0.15) is 47.0 Å². The van der Waals surface area contributed by atoms with Crippen LogP contribution in [0.25, 0.3) is 0 Å². The van der Waals surface area contributed by atoms with Crippen LogP contribution in [0.15, 0.2) is 0 Å². The van der Waals surface area contributed by atoms with E-state index in [0.717, 1.165) is 65.7 Å². The van der Waals surface area contributed by atoms with Crippen LogP contribution in [-0.2, 0) is 57.1 Å². The van der Waals surface area contributed by atoms with Crippen molar-refractivity contribution in [2.45, 2.75) is 234 Å². The van der Waals surface area contributed by atoms with Crippen molar-refractivity contribution in [1.82, 2.24) is 9.80 Å². The number of ether oxygens (including phenoxy) is 8. The summed E-state index contributed by atoms with van der Waals surface area (Å²) in [6.45, 7) is 18.2. The molecular weight excluding hydrogens is 1120 g/mol. The van der Waals surface area contributed by atoms with Crippen LogP contribution in [0.5, 0.6) is 0 Å². The van der Waals surface area contributed by atoms with E-state index in [-0.39, 0.29) is 62.8 Å². The lowest BCUT2D eigenvalue weighted by molar-refractivity contribution is -0.144. The number of carbonyl (C=O) groups is 6. The fourth-order valence-corrected chi connectivity index (χ4v) is 11.8. The molecule has 0 fully saturated rings. The number of hydrogen-bond donors (Lipinski definition) is 0. The number of unbranched alkanes of at least 4 members (excludes halogenated alkanes) is 12. The van der Waals surface area contributed by atoms with Gasteiger partial charge in [0.15, 0.2) is 0 Å². The van der Waals surface area contributed by atoms with Crippen molar-refractivity contribution < 1.29 is 66.7 Å².